The maximum absolute atomic E-state index is 13.6. The molecule has 2 aromatic rings. The lowest BCUT2D eigenvalue weighted by atomic mass is 9.69. The molecule has 2 aliphatic carbocycles. The third-order valence-corrected chi connectivity index (χ3v) is 8.17. The van der Waals surface area contributed by atoms with E-state index in [1.807, 2.05) is 0 Å². The fourth-order valence-electron chi connectivity index (χ4n) is 6.19. The molecular weight excluding hydrogens is 504 g/mol. The molecular formula is C30H37F2N3O4. The average Bonchev–Trinajstić information content (AvgIpc) is 2.91. The molecule has 39 heavy (non-hydrogen) atoms. The second-order valence-corrected chi connectivity index (χ2v) is 10.8. The number of nitrogens with one attached hydrogen (secondary N) is 3. The molecule has 0 aliphatic heterocycles. The molecule has 0 bridgehead atoms. The Morgan fingerprint density at radius 2 is 1.46 bits per heavy atom. The molecule has 7 nitrogen and oxygen atoms in total. The number of halogens is 2. The number of carbonyl (C=O) groups is 3. The molecule has 2 aliphatic rings. The Morgan fingerprint density at radius 3 is 2.08 bits per heavy atom. The van der Waals surface area contributed by atoms with Crippen molar-refractivity contribution in [3.8, 4) is 0 Å². The fraction of sp³-hybridized carbons (Fsp3) is 0.500. The summed E-state index contributed by atoms with van der Waals surface area (Å²) < 4.78 is 27.3. The molecule has 0 heterocycles. The first-order valence-electron chi connectivity index (χ1n) is 13.9. The van der Waals surface area contributed by atoms with Crippen LogP contribution in [0.3, 0.4) is 0 Å². The molecule has 4 N–H and O–H groups in total. The first kappa shape index (κ1) is 28.5. The van der Waals surface area contributed by atoms with Crippen LogP contribution in [0, 0.1) is 29.4 Å². The lowest BCUT2D eigenvalue weighted by Crippen LogP contribution is -2.38. The van der Waals surface area contributed by atoms with Crippen molar-refractivity contribution in [2.24, 2.45) is 17.8 Å². The number of amides is 3. The highest BCUT2D eigenvalue weighted by molar-refractivity contribution is 5.94. The number of carboxylic acid groups (broad SMARTS) is 1. The van der Waals surface area contributed by atoms with E-state index in [4.69, 9.17) is 5.11 Å². The maximum atomic E-state index is 13.6. The van der Waals surface area contributed by atoms with E-state index < -0.39 is 23.6 Å². The van der Waals surface area contributed by atoms with Crippen LogP contribution < -0.4 is 16.0 Å². The van der Waals surface area contributed by atoms with Crippen molar-refractivity contribution < 1.29 is 28.3 Å². The predicted molar refractivity (Wildman–Crippen MR) is 144 cm³/mol. The number of carbonyl (C=O) groups excluding carboxylic acids is 2. The van der Waals surface area contributed by atoms with Gasteiger partial charge in [-0.05, 0) is 73.3 Å². The van der Waals surface area contributed by atoms with Gasteiger partial charge in [0, 0.05) is 23.9 Å². The molecule has 4 rings (SSSR count). The highest BCUT2D eigenvalue weighted by atomic mass is 19.1. The van der Waals surface area contributed by atoms with Crippen LogP contribution >= 0.6 is 0 Å². The van der Waals surface area contributed by atoms with Gasteiger partial charge in [0.1, 0.15) is 11.6 Å². The molecule has 3 amide bonds. The first-order chi connectivity index (χ1) is 18.8. The topological polar surface area (TPSA) is 108 Å². The maximum Gasteiger partial charge on any atom is 0.319 e. The zero-order chi connectivity index (χ0) is 27.8. The van der Waals surface area contributed by atoms with Crippen LogP contribution in [-0.2, 0) is 4.79 Å². The predicted octanol–water partition coefficient (Wildman–Crippen LogP) is 6.42. The lowest BCUT2D eigenvalue weighted by molar-refractivity contribution is -0.136. The van der Waals surface area contributed by atoms with E-state index in [1.165, 1.54) is 32.1 Å². The van der Waals surface area contributed by atoms with E-state index in [9.17, 15) is 23.2 Å². The fourth-order valence-corrected chi connectivity index (χ4v) is 6.19. The molecule has 1 atom stereocenters. The largest absolute Gasteiger partial charge is 0.481 e. The van der Waals surface area contributed by atoms with Gasteiger partial charge in [-0.1, -0.05) is 44.2 Å². The summed E-state index contributed by atoms with van der Waals surface area (Å²) >= 11 is 0. The summed E-state index contributed by atoms with van der Waals surface area (Å²) in [5, 5.41) is 16.9. The third-order valence-electron chi connectivity index (χ3n) is 8.17. The quantitative estimate of drug-likeness (QED) is 0.294. The van der Waals surface area contributed by atoms with Crippen molar-refractivity contribution in [1.82, 2.24) is 10.6 Å². The normalized spacial score (nSPS) is 20.6. The summed E-state index contributed by atoms with van der Waals surface area (Å²) in [6, 6.07) is 8.88. The van der Waals surface area contributed by atoms with Crippen molar-refractivity contribution in [2.45, 2.75) is 70.3 Å². The SMILES string of the molecule is O=C(O)CCNC(=O)c1ccc(C(NC(=O)Nc2cc(F)cc(F)c2)C2CCC(C3CCCCC3)CC2)cc1. The summed E-state index contributed by atoms with van der Waals surface area (Å²) in [5.74, 6) is -1.24. The molecule has 9 heteroatoms. The average molecular weight is 542 g/mol. The Hall–Kier alpha value is -3.49. The number of hydrogen-bond acceptors (Lipinski definition) is 3. The van der Waals surface area contributed by atoms with Gasteiger partial charge in [-0.15, -0.1) is 0 Å². The molecule has 0 saturated heterocycles. The molecule has 2 fully saturated rings. The monoisotopic (exact) mass is 541 g/mol. The highest BCUT2D eigenvalue weighted by Crippen LogP contribution is 2.43. The third kappa shape index (κ3) is 8.25. The summed E-state index contributed by atoms with van der Waals surface area (Å²) in [4.78, 5) is 36.0. The van der Waals surface area contributed by atoms with Crippen LogP contribution in [0.1, 0.15) is 86.2 Å². The number of benzene rings is 2. The number of aliphatic carboxylic acids is 1. The zero-order valence-electron chi connectivity index (χ0n) is 22.1. The van der Waals surface area contributed by atoms with Crippen LogP contribution in [0.2, 0.25) is 0 Å². The number of urea groups is 1. The smallest absolute Gasteiger partial charge is 0.319 e. The minimum Gasteiger partial charge on any atom is -0.481 e. The molecule has 2 aromatic carbocycles. The summed E-state index contributed by atoms with van der Waals surface area (Å²) in [5.41, 5.74) is 1.25. The van der Waals surface area contributed by atoms with E-state index in [0.717, 1.165) is 55.4 Å². The molecule has 0 spiro atoms. The molecule has 210 valence electrons. The number of rotatable bonds is 9. The Kier molecular flexibility index (Phi) is 9.90. The Balaban J connectivity index is 1.46. The summed E-state index contributed by atoms with van der Waals surface area (Å²) in [6.07, 6.45) is 10.5. The van der Waals surface area contributed by atoms with E-state index >= 15 is 0 Å². The van der Waals surface area contributed by atoms with Crippen LogP contribution in [0.4, 0.5) is 19.3 Å². The Labute approximate surface area is 227 Å². The minimum atomic E-state index is -0.989. The van der Waals surface area contributed by atoms with Crippen molar-refractivity contribution in [3.63, 3.8) is 0 Å². The van der Waals surface area contributed by atoms with Gasteiger partial charge < -0.3 is 21.1 Å². The van der Waals surface area contributed by atoms with Gasteiger partial charge in [0.05, 0.1) is 12.5 Å². The van der Waals surface area contributed by atoms with Crippen LogP contribution in [-0.4, -0.2) is 29.6 Å². The van der Waals surface area contributed by atoms with Gasteiger partial charge in [0.15, 0.2) is 0 Å². The van der Waals surface area contributed by atoms with E-state index in [1.54, 1.807) is 24.3 Å². The summed E-state index contributed by atoms with van der Waals surface area (Å²) in [7, 11) is 0. The number of anilines is 1. The van der Waals surface area contributed by atoms with Crippen molar-refractivity contribution in [3.05, 3.63) is 65.2 Å². The van der Waals surface area contributed by atoms with Gasteiger partial charge in [-0.25, -0.2) is 13.6 Å². The van der Waals surface area contributed by atoms with Crippen LogP contribution in [0.25, 0.3) is 0 Å². The zero-order valence-corrected chi connectivity index (χ0v) is 22.1. The van der Waals surface area contributed by atoms with Gasteiger partial charge in [-0.2, -0.15) is 0 Å². The Morgan fingerprint density at radius 1 is 0.846 bits per heavy atom. The van der Waals surface area contributed by atoms with Crippen LogP contribution in [0.15, 0.2) is 42.5 Å². The molecule has 1 unspecified atom stereocenters. The lowest BCUT2D eigenvalue weighted by Gasteiger charge is -2.38. The second kappa shape index (κ2) is 13.5. The van der Waals surface area contributed by atoms with Crippen molar-refractivity contribution in [2.75, 3.05) is 11.9 Å². The highest BCUT2D eigenvalue weighted by Gasteiger charge is 2.33. The number of carboxylic acids is 1. The molecule has 2 saturated carbocycles. The Bertz CT molecular complexity index is 1120. The molecule has 0 radical (unpaired) electrons. The van der Waals surface area contributed by atoms with Crippen molar-refractivity contribution >= 4 is 23.6 Å². The summed E-state index contributed by atoms with van der Waals surface area (Å²) in [6.45, 7) is 0.0329. The minimum absolute atomic E-state index is 0.0261. The van der Waals surface area contributed by atoms with Crippen molar-refractivity contribution in [1.29, 1.82) is 0 Å². The second-order valence-electron chi connectivity index (χ2n) is 10.8. The standard InChI is InChI=1S/C30H37F2N3O4/c31-24-16-25(32)18-26(17-24)34-30(39)35-28(21-8-6-20(7-9-21)19-4-2-1-3-5-19)22-10-12-23(13-11-22)29(38)33-15-14-27(36)37/h10-13,16-21,28H,1-9,14-15H2,(H,33,38)(H,36,37)(H2,34,35,39). The van der Waals surface area contributed by atoms with Gasteiger partial charge in [0.2, 0.25) is 0 Å². The number of hydrogen-bond donors (Lipinski definition) is 4. The van der Waals surface area contributed by atoms with Gasteiger partial charge in [-0.3, -0.25) is 9.59 Å². The van der Waals surface area contributed by atoms with Gasteiger partial charge in [0.25, 0.3) is 5.91 Å². The van der Waals surface area contributed by atoms with E-state index in [0.29, 0.717) is 11.5 Å². The van der Waals surface area contributed by atoms with E-state index in [-0.39, 0.29) is 36.5 Å². The first-order valence-corrected chi connectivity index (χ1v) is 13.9. The van der Waals surface area contributed by atoms with Crippen LogP contribution in [0.5, 0.6) is 0 Å². The van der Waals surface area contributed by atoms with E-state index in [2.05, 4.69) is 16.0 Å². The molecule has 0 aromatic heterocycles. The van der Waals surface area contributed by atoms with Gasteiger partial charge >= 0.3 is 12.0 Å².